The van der Waals surface area contributed by atoms with Crippen LogP contribution >= 0.6 is 0 Å². The van der Waals surface area contributed by atoms with E-state index in [1.165, 1.54) is 19.2 Å². The maximum atomic E-state index is 12.4. The highest BCUT2D eigenvalue weighted by molar-refractivity contribution is 7.89. The average molecular weight is 343 g/mol. The zero-order valence-corrected chi connectivity index (χ0v) is 14.0. The molecule has 1 saturated heterocycles. The number of nitro groups is 1. The minimum absolute atomic E-state index is 0.0440. The number of hydrogen-bond donors (Lipinski definition) is 2. The number of rotatable bonds is 6. The smallest absolute Gasteiger partial charge is 0.310 e. The monoisotopic (exact) mass is 343 g/mol. The van der Waals surface area contributed by atoms with E-state index in [4.69, 9.17) is 4.74 Å². The summed E-state index contributed by atoms with van der Waals surface area (Å²) in [7, 11) is -2.48. The van der Waals surface area contributed by atoms with E-state index in [0.717, 1.165) is 32.0 Å². The van der Waals surface area contributed by atoms with Crippen LogP contribution in [0.2, 0.25) is 0 Å². The minimum Gasteiger partial charge on any atom is -0.490 e. The average Bonchev–Trinajstić information content (AvgIpc) is 2.53. The Balaban J connectivity index is 2.17. The Morgan fingerprint density at radius 2 is 2.04 bits per heavy atom. The summed E-state index contributed by atoms with van der Waals surface area (Å²) in [4.78, 5) is 10.2. The zero-order chi connectivity index (χ0) is 17.1. The SMILES string of the molecule is COc1cc(S(=O)(=O)NCC2(C)CCNCC2)ccc1[N+](=O)[O-]. The quantitative estimate of drug-likeness (QED) is 0.594. The van der Waals surface area contributed by atoms with E-state index in [1.807, 2.05) is 6.92 Å². The van der Waals surface area contributed by atoms with Gasteiger partial charge in [-0.1, -0.05) is 6.92 Å². The molecule has 23 heavy (non-hydrogen) atoms. The van der Waals surface area contributed by atoms with Gasteiger partial charge in [-0.3, -0.25) is 10.1 Å². The summed E-state index contributed by atoms with van der Waals surface area (Å²) in [5, 5.41) is 14.1. The molecule has 1 fully saturated rings. The predicted octanol–water partition coefficient (Wildman–Crippen LogP) is 1.27. The molecule has 0 saturated carbocycles. The number of piperidine rings is 1. The molecule has 2 rings (SSSR count). The Labute approximate surface area is 135 Å². The molecule has 0 radical (unpaired) electrons. The first kappa shape index (κ1) is 17.6. The summed E-state index contributed by atoms with van der Waals surface area (Å²) in [5.74, 6) is -0.0778. The van der Waals surface area contributed by atoms with Gasteiger partial charge in [0.25, 0.3) is 0 Å². The summed E-state index contributed by atoms with van der Waals surface area (Å²) in [5.41, 5.74) is -0.361. The number of methoxy groups -OCH3 is 1. The highest BCUT2D eigenvalue weighted by Gasteiger charge is 2.29. The molecule has 0 aromatic heterocycles. The van der Waals surface area contributed by atoms with Crippen molar-refractivity contribution in [1.82, 2.24) is 10.0 Å². The predicted molar refractivity (Wildman–Crippen MR) is 85.0 cm³/mol. The molecule has 8 nitrogen and oxygen atoms in total. The van der Waals surface area contributed by atoms with Gasteiger partial charge < -0.3 is 10.1 Å². The van der Waals surface area contributed by atoms with Gasteiger partial charge in [-0.25, -0.2) is 13.1 Å². The molecule has 1 aromatic carbocycles. The van der Waals surface area contributed by atoms with E-state index < -0.39 is 14.9 Å². The van der Waals surface area contributed by atoms with Gasteiger partial charge in [0, 0.05) is 18.7 Å². The van der Waals surface area contributed by atoms with Crippen LogP contribution in [0.15, 0.2) is 23.1 Å². The summed E-state index contributed by atoms with van der Waals surface area (Å²) in [6, 6.07) is 3.53. The number of hydrogen-bond acceptors (Lipinski definition) is 6. The van der Waals surface area contributed by atoms with Crippen LogP contribution in [0.25, 0.3) is 0 Å². The molecule has 0 aliphatic carbocycles. The van der Waals surface area contributed by atoms with Crippen LogP contribution < -0.4 is 14.8 Å². The molecule has 9 heteroatoms. The second-order valence-electron chi connectivity index (χ2n) is 5.98. The molecule has 0 amide bonds. The van der Waals surface area contributed by atoms with Crippen LogP contribution in [-0.4, -0.2) is 40.1 Å². The maximum Gasteiger partial charge on any atom is 0.310 e. The normalized spacial score (nSPS) is 17.7. The topological polar surface area (TPSA) is 111 Å². The standard InChI is InChI=1S/C14H21N3O5S/c1-14(5-7-15-8-6-14)10-16-23(20,21)11-3-4-12(17(18)19)13(9-11)22-2/h3-4,9,15-16H,5-8,10H2,1-2H3. The van der Waals surface area contributed by atoms with Crippen molar-refractivity contribution in [2.24, 2.45) is 5.41 Å². The van der Waals surface area contributed by atoms with Gasteiger partial charge in [0.15, 0.2) is 5.75 Å². The molecule has 0 atom stereocenters. The van der Waals surface area contributed by atoms with Gasteiger partial charge in [0.1, 0.15) is 0 Å². The van der Waals surface area contributed by atoms with Crippen LogP contribution in [0.5, 0.6) is 5.75 Å². The van der Waals surface area contributed by atoms with E-state index >= 15 is 0 Å². The molecule has 0 unspecified atom stereocenters. The highest BCUT2D eigenvalue weighted by atomic mass is 32.2. The lowest BCUT2D eigenvalue weighted by Crippen LogP contribution is -2.42. The largest absolute Gasteiger partial charge is 0.490 e. The summed E-state index contributed by atoms with van der Waals surface area (Å²) >= 11 is 0. The molecule has 1 heterocycles. The maximum absolute atomic E-state index is 12.4. The number of sulfonamides is 1. The lowest BCUT2D eigenvalue weighted by atomic mass is 9.81. The fourth-order valence-corrected chi connectivity index (χ4v) is 3.75. The molecular weight excluding hydrogens is 322 g/mol. The van der Waals surface area contributed by atoms with Crippen molar-refractivity contribution < 1.29 is 18.1 Å². The van der Waals surface area contributed by atoms with Crippen molar-refractivity contribution >= 4 is 15.7 Å². The second kappa shape index (κ2) is 6.81. The van der Waals surface area contributed by atoms with Gasteiger partial charge in [0.2, 0.25) is 10.0 Å². The number of nitro benzene ring substituents is 1. The third kappa shape index (κ3) is 4.18. The van der Waals surface area contributed by atoms with Crippen LogP contribution in [-0.2, 0) is 10.0 Å². The van der Waals surface area contributed by atoms with E-state index in [-0.39, 0.29) is 21.7 Å². The minimum atomic E-state index is -3.75. The molecule has 128 valence electrons. The molecule has 1 aromatic rings. The van der Waals surface area contributed by atoms with Gasteiger partial charge in [-0.15, -0.1) is 0 Å². The summed E-state index contributed by atoms with van der Waals surface area (Å²) < 4.78 is 32.3. The van der Waals surface area contributed by atoms with Gasteiger partial charge in [-0.05, 0) is 37.4 Å². The Morgan fingerprint density at radius 1 is 1.39 bits per heavy atom. The summed E-state index contributed by atoms with van der Waals surface area (Å²) in [6.45, 7) is 4.11. The Bertz CT molecular complexity index is 684. The van der Waals surface area contributed by atoms with Crippen molar-refractivity contribution in [3.8, 4) is 5.75 Å². The van der Waals surface area contributed by atoms with Crippen LogP contribution in [0.1, 0.15) is 19.8 Å². The summed E-state index contributed by atoms with van der Waals surface area (Å²) in [6.07, 6.45) is 1.78. The first-order chi connectivity index (χ1) is 10.8. The van der Waals surface area contributed by atoms with E-state index in [9.17, 15) is 18.5 Å². The molecule has 0 bridgehead atoms. The number of nitrogens with one attached hydrogen (secondary N) is 2. The van der Waals surface area contributed by atoms with Crippen molar-refractivity contribution in [3.05, 3.63) is 28.3 Å². The lowest BCUT2D eigenvalue weighted by molar-refractivity contribution is -0.385. The zero-order valence-electron chi connectivity index (χ0n) is 13.2. The van der Waals surface area contributed by atoms with Crippen molar-refractivity contribution in [2.45, 2.75) is 24.7 Å². The van der Waals surface area contributed by atoms with Crippen molar-refractivity contribution in [2.75, 3.05) is 26.7 Å². The molecule has 1 aliphatic rings. The number of nitrogens with zero attached hydrogens (tertiary/aromatic N) is 1. The Morgan fingerprint density at radius 3 is 2.61 bits per heavy atom. The molecule has 1 aliphatic heterocycles. The lowest BCUT2D eigenvalue weighted by Gasteiger charge is -2.34. The highest BCUT2D eigenvalue weighted by Crippen LogP contribution is 2.30. The fourth-order valence-electron chi connectivity index (χ4n) is 2.54. The van der Waals surface area contributed by atoms with E-state index in [2.05, 4.69) is 10.0 Å². The van der Waals surface area contributed by atoms with Crippen LogP contribution in [0, 0.1) is 15.5 Å². The first-order valence-electron chi connectivity index (χ1n) is 7.30. The Hall–Kier alpha value is -1.71. The third-order valence-corrected chi connectivity index (χ3v) is 5.56. The fraction of sp³-hybridized carbons (Fsp3) is 0.571. The van der Waals surface area contributed by atoms with Crippen LogP contribution in [0.4, 0.5) is 5.69 Å². The van der Waals surface area contributed by atoms with E-state index in [1.54, 1.807) is 0 Å². The van der Waals surface area contributed by atoms with Crippen molar-refractivity contribution in [1.29, 1.82) is 0 Å². The Kier molecular flexibility index (Phi) is 5.23. The molecule has 0 spiro atoms. The van der Waals surface area contributed by atoms with Gasteiger partial charge in [0.05, 0.1) is 16.9 Å². The van der Waals surface area contributed by atoms with Gasteiger partial charge in [-0.2, -0.15) is 0 Å². The van der Waals surface area contributed by atoms with Gasteiger partial charge >= 0.3 is 5.69 Å². The number of ether oxygens (including phenoxy) is 1. The van der Waals surface area contributed by atoms with E-state index in [0.29, 0.717) is 6.54 Å². The third-order valence-electron chi connectivity index (χ3n) is 4.16. The van der Waals surface area contributed by atoms with Crippen molar-refractivity contribution in [3.63, 3.8) is 0 Å². The number of benzene rings is 1. The van der Waals surface area contributed by atoms with Crippen LogP contribution in [0.3, 0.4) is 0 Å². The second-order valence-corrected chi connectivity index (χ2v) is 7.74. The molecular formula is C14H21N3O5S. The molecule has 2 N–H and O–H groups in total. The first-order valence-corrected chi connectivity index (χ1v) is 8.79.